The van der Waals surface area contributed by atoms with E-state index in [0.717, 1.165) is 24.6 Å². The zero-order valence-electron chi connectivity index (χ0n) is 13.8. The van der Waals surface area contributed by atoms with Gasteiger partial charge in [-0.1, -0.05) is 18.2 Å². The predicted molar refractivity (Wildman–Crippen MR) is 89.7 cm³/mol. The van der Waals surface area contributed by atoms with E-state index in [1.165, 1.54) is 24.3 Å². The van der Waals surface area contributed by atoms with Crippen LogP contribution < -0.4 is 0 Å². The first-order valence-electron chi connectivity index (χ1n) is 7.55. The van der Waals surface area contributed by atoms with Crippen LogP contribution in [0.5, 0.6) is 0 Å². The molecule has 0 unspecified atom stereocenters. The second-order valence-corrected chi connectivity index (χ2v) is 8.03. The highest BCUT2D eigenvalue weighted by molar-refractivity contribution is 7.90. The van der Waals surface area contributed by atoms with Gasteiger partial charge in [-0.15, -0.1) is 0 Å². The minimum absolute atomic E-state index is 0.0216. The highest BCUT2D eigenvalue weighted by Gasteiger charge is 2.35. The molecule has 1 heterocycles. The molecule has 27 heavy (non-hydrogen) atoms. The third-order valence-corrected chi connectivity index (χ3v) is 5.05. The average molecular weight is 401 g/mol. The molecule has 1 aromatic carbocycles. The summed E-state index contributed by atoms with van der Waals surface area (Å²) in [5, 5.41) is 0. The first-order chi connectivity index (χ1) is 12.4. The SMILES string of the molecule is CS(=O)(=O)c1ccc(C2=CC(F)(F)C=C2c2ccc(C(F)(F)F)nc2)cc1. The quantitative estimate of drug-likeness (QED) is 0.706. The third kappa shape index (κ3) is 4.08. The summed E-state index contributed by atoms with van der Waals surface area (Å²) in [5.41, 5.74) is -0.612. The van der Waals surface area contributed by atoms with Crippen LogP contribution in [-0.2, 0) is 16.0 Å². The van der Waals surface area contributed by atoms with Crippen molar-refractivity contribution >= 4 is 21.0 Å². The van der Waals surface area contributed by atoms with Crippen molar-refractivity contribution in [2.75, 3.05) is 6.26 Å². The zero-order chi connectivity index (χ0) is 20.0. The van der Waals surface area contributed by atoms with E-state index in [9.17, 15) is 30.4 Å². The monoisotopic (exact) mass is 401 g/mol. The van der Waals surface area contributed by atoms with Gasteiger partial charge in [-0.25, -0.2) is 8.42 Å². The molecule has 3 nitrogen and oxygen atoms in total. The van der Waals surface area contributed by atoms with Gasteiger partial charge in [-0.05, 0) is 47.1 Å². The molecule has 142 valence electrons. The van der Waals surface area contributed by atoms with Gasteiger partial charge in [0.2, 0.25) is 0 Å². The van der Waals surface area contributed by atoms with Crippen LogP contribution in [0.1, 0.15) is 16.8 Å². The third-order valence-electron chi connectivity index (χ3n) is 3.92. The molecule has 0 atom stereocenters. The summed E-state index contributed by atoms with van der Waals surface area (Å²) in [5.74, 6) is -3.29. The van der Waals surface area contributed by atoms with Crippen molar-refractivity contribution in [3.05, 3.63) is 71.6 Å². The lowest BCUT2D eigenvalue weighted by molar-refractivity contribution is -0.141. The smallest absolute Gasteiger partial charge is 0.251 e. The molecule has 0 amide bonds. The van der Waals surface area contributed by atoms with Crippen molar-refractivity contribution in [2.45, 2.75) is 17.0 Å². The fraction of sp³-hybridized carbons (Fsp3) is 0.167. The number of sulfone groups is 1. The van der Waals surface area contributed by atoms with Crippen LogP contribution >= 0.6 is 0 Å². The fourth-order valence-corrected chi connectivity index (χ4v) is 3.29. The Morgan fingerprint density at radius 1 is 0.889 bits per heavy atom. The van der Waals surface area contributed by atoms with Gasteiger partial charge in [0.25, 0.3) is 5.92 Å². The summed E-state index contributed by atoms with van der Waals surface area (Å²) < 4.78 is 88.8. The molecule has 9 heteroatoms. The van der Waals surface area contributed by atoms with Gasteiger partial charge in [-0.3, -0.25) is 4.98 Å². The minimum Gasteiger partial charge on any atom is -0.251 e. The largest absolute Gasteiger partial charge is 0.433 e. The molecule has 0 spiro atoms. The lowest BCUT2D eigenvalue weighted by Crippen LogP contribution is -2.07. The van der Waals surface area contributed by atoms with Crippen LogP contribution in [0, 0.1) is 0 Å². The van der Waals surface area contributed by atoms with Gasteiger partial charge in [-0.2, -0.15) is 22.0 Å². The van der Waals surface area contributed by atoms with E-state index in [-0.39, 0.29) is 21.6 Å². The Hall–Kier alpha value is -2.55. The van der Waals surface area contributed by atoms with Crippen LogP contribution in [0.3, 0.4) is 0 Å². The first kappa shape index (κ1) is 19.2. The van der Waals surface area contributed by atoms with E-state index in [1.54, 1.807) is 0 Å². The lowest BCUT2D eigenvalue weighted by Gasteiger charge is -2.11. The van der Waals surface area contributed by atoms with E-state index in [0.29, 0.717) is 17.7 Å². The Kier molecular flexibility index (Phi) is 4.46. The molecule has 1 aliphatic rings. The highest BCUT2D eigenvalue weighted by atomic mass is 32.2. The van der Waals surface area contributed by atoms with E-state index in [4.69, 9.17) is 0 Å². The summed E-state index contributed by atoms with van der Waals surface area (Å²) in [6.45, 7) is 0. The Morgan fingerprint density at radius 2 is 1.41 bits per heavy atom. The van der Waals surface area contributed by atoms with Crippen molar-refractivity contribution in [3.63, 3.8) is 0 Å². The molecule has 0 radical (unpaired) electrons. The summed E-state index contributed by atoms with van der Waals surface area (Å²) in [6.07, 6.45) is -1.42. The maximum Gasteiger partial charge on any atom is 0.433 e. The Morgan fingerprint density at radius 3 is 1.85 bits per heavy atom. The zero-order valence-corrected chi connectivity index (χ0v) is 14.6. The molecule has 1 aromatic heterocycles. The molecule has 0 saturated heterocycles. The molecule has 0 fully saturated rings. The number of halogens is 5. The summed E-state index contributed by atoms with van der Waals surface area (Å²) in [4.78, 5) is 3.33. The van der Waals surface area contributed by atoms with E-state index >= 15 is 0 Å². The minimum atomic E-state index is -4.63. The van der Waals surface area contributed by atoms with Gasteiger partial charge >= 0.3 is 6.18 Å². The standard InChI is InChI=1S/C18H12F5NO2S/c1-27(25,26)13-5-2-11(3-6-13)14-8-17(19,20)9-15(14)12-4-7-16(24-10-12)18(21,22)23/h2-10H,1H3. The second-order valence-electron chi connectivity index (χ2n) is 6.02. The van der Waals surface area contributed by atoms with E-state index < -0.39 is 27.6 Å². The maximum atomic E-state index is 13.9. The molecule has 0 N–H and O–H groups in total. The van der Waals surface area contributed by atoms with Gasteiger partial charge in [0.1, 0.15) is 5.69 Å². The van der Waals surface area contributed by atoms with Crippen molar-refractivity contribution in [1.82, 2.24) is 4.98 Å². The predicted octanol–water partition coefficient (Wildman–Crippen LogP) is 4.62. The number of pyridine rings is 1. The Balaban J connectivity index is 2.01. The van der Waals surface area contributed by atoms with Crippen molar-refractivity contribution in [3.8, 4) is 0 Å². The van der Waals surface area contributed by atoms with E-state index in [1.807, 2.05) is 0 Å². The molecular formula is C18H12F5NO2S. The van der Waals surface area contributed by atoms with Crippen molar-refractivity contribution in [2.24, 2.45) is 0 Å². The van der Waals surface area contributed by atoms with Crippen molar-refractivity contribution in [1.29, 1.82) is 0 Å². The molecule has 0 saturated carbocycles. The molecule has 3 rings (SSSR count). The molecule has 1 aliphatic carbocycles. The topological polar surface area (TPSA) is 47.0 Å². The molecule has 2 aromatic rings. The van der Waals surface area contributed by atoms with Crippen LogP contribution in [0.4, 0.5) is 22.0 Å². The molecule has 0 bridgehead atoms. The van der Waals surface area contributed by atoms with Crippen LogP contribution in [-0.4, -0.2) is 25.6 Å². The highest BCUT2D eigenvalue weighted by Crippen LogP contribution is 2.42. The number of benzene rings is 1. The first-order valence-corrected chi connectivity index (χ1v) is 9.44. The Bertz CT molecular complexity index is 1030. The number of aromatic nitrogens is 1. The summed E-state index contributed by atoms with van der Waals surface area (Å²) in [6, 6.07) is 7.10. The van der Waals surface area contributed by atoms with Crippen molar-refractivity contribution < 1.29 is 30.4 Å². The van der Waals surface area contributed by atoms with E-state index in [2.05, 4.69) is 4.98 Å². The number of rotatable bonds is 3. The second kappa shape index (κ2) is 6.26. The van der Waals surface area contributed by atoms with Crippen LogP contribution in [0.15, 0.2) is 59.6 Å². The summed E-state index contributed by atoms with van der Waals surface area (Å²) in [7, 11) is -3.45. The maximum absolute atomic E-state index is 13.9. The molecular weight excluding hydrogens is 389 g/mol. The number of nitrogens with zero attached hydrogens (tertiary/aromatic N) is 1. The normalized spacial score (nSPS) is 16.8. The lowest BCUT2D eigenvalue weighted by atomic mass is 9.96. The van der Waals surface area contributed by atoms with Crippen LogP contribution in [0.2, 0.25) is 0 Å². The Labute approximate surface area is 151 Å². The fourth-order valence-electron chi connectivity index (χ4n) is 2.66. The van der Waals surface area contributed by atoms with Gasteiger partial charge in [0.15, 0.2) is 9.84 Å². The van der Waals surface area contributed by atoms with Gasteiger partial charge in [0.05, 0.1) is 4.90 Å². The number of hydrogen-bond acceptors (Lipinski definition) is 3. The van der Waals surface area contributed by atoms with Crippen LogP contribution in [0.25, 0.3) is 11.1 Å². The number of allylic oxidation sites excluding steroid dienone is 4. The number of hydrogen-bond donors (Lipinski definition) is 0. The average Bonchev–Trinajstić information content (AvgIpc) is 2.89. The number of alkyl halides is 5. The van der Waals surface area contributed by atoms with Gasteiger partial charge < -0.3 is 0 Å². The summed E-state index contributed by atoms with van der Waals surface area (Å²) >= 11 is 0. The molecule has 0 aliphatic heterocycles. The van der Waals surface area contributed by atoms with Gasteiger partial charge in [0, 0.05) is 18.0 Å².